The summed E-state index contributed by atoms with van der Waals surface area (Å²) in [7, 11) is -4.31. The molecule has 1 saturated heterocycles. The zero-order valence-corrected chi connectivity index (χ0v) is 20.0. The molecule has 2 aromatic rings. The van der Waals surface area contributed by atoms with E-state index in [1.807, 2.05) is 22.9 Å². The van der Waals surface area contributed by atoms with Crippen molar-refractivity contribution >= 4 is 34.8 Å². The van der Waals surface area contributed by atoms with E-state index in [2.05, 4.69) is 31.5 Å². The van der Waals surface area contributed by atoms with E-state index in [1.165, 1.54) is 6.26 Å². The molecule has 1 fully saturated rings. The number of anilines is 1. The number of fused-ring (bicyclic) bond motifs is 1. The Labute approximate surface area is 174 Å². The largest absolute Gasteiger partial charge is 0.377 e. The van der Waals surface area contributed by atoms with Gasteiger partial charge in [0.05, 0.1) is 25.0 Å². The van der Waals surface area contributed by atoms with Crippen molar-refractivity contribution in [2.75, 3.05) is 37.5 Å². The Hall–Kier alpha value is -1.42. The molecule has 0 saturated carbocycles. The lowest BCUT2D eigenvalue weighted by Crippen LogP contribution is -2.44. The molecule has 162 valence electrons. The van der Waals surface area contributed by atoms with Gasteiger partial charge in [-0.2, -0.15) is 0 Å². The lowest BCUT2D eigenvalue weighted by Gasteiger charge is -2.34. The molecule has 0 radical (unpaired) electrons. The lowest BCUT2D eigenvalue weighted by molar-refractivity contribution is 0.0898. The standard InChI is InChI=1S/C20H33N3O4SSi/c1-16-13-26-9-8-23(16)19-12-17(14-28(2,24)25)18-6-7-22(20(18)21-19)15-27-10-11-29(3,4)5/h6-7,12,16H,8-11,13-15H2,1-5H3/t16-/m1/s1. The molecule has 0 unspecified atom stereocenters. The molecule has 0 N–H and O–H groups in total. The van der Waals surface area contributed by atoms with Crippen LogP contribution < -0.4 is 4.90 Å². The van der Waals surface area contributed by atoms with Gasteiger partial charge in [0.15, 0.2) is 9.84 Å². The minimum absolute atomic E-state index is 0.00175. The number of pyridine rings is 1. The molecular formula is C20H33N3O4SSi. The summed E-state index contributed by atoms with van der Waals surface area (Å²) in [5.41, 5.74) is 1.56. The summed E-state index contributed by atoms with van der Waals surface area (Å²) in [6.07, 6.45) is 3.21. The second-order valence-electron chi connectivity index (χ2n) is 9.20. The number of rotatable bonds is 8. The minimum atomic E-state index is -3.16. The average molecular weight is 440 g/mol. The quantitative estimate of drug-likeness (QED) is 0.465. The van der Waals surface area contributed by atoms with Crippen LogP contribution in [0.2, 0.25) is 25.7 Å². The maximum atomic E-state index is 12.0. The molecular weight excluding hydrogens is 406 g/mol. The van der Waals surface area contributed by atoms with E-state index in [0.717, 1.165) is 41.6 Å². The van der Waals surface area contributed by atoms with Crippen molar-refractivity contribution in [2.24, 2.45) is 0 Å². The molecule has 3 heterocycles. The predicted octanol–water partition coefficient (Wildman–Crippen LogP) is 3.12. The first kappa shape index (κ1) is 22.3. The van der Waals surface area contributed by atoms with Gasteiger partial charge in [-0.25, -0.2) is 13.4 Å². The fourth-order valence-corrected chi connectivity index (χ4v) is 5.04. The average Bonchev–Trinajstić information content (AvgIpc) is 3.00. The van der Waals surface area contributed by atoms with Crippen LogP contribution in [0.5, 0.6) is 0 Å². The van der Waals surface area contributed by atoms with Gasteiger partial charge >= 0.3 is 0 Å². The second kappa shape index (κ2) is 8.75. The highest BCUT2D eigenvalue weighted by Crippen LogP contribution is 2.27. The number of aromatic nitrogens is 2. The molecule has 9 heteroatoms. The maximum Gasteiger partial charge on any atom is 0.151 e. The van der Waals surface area contributed by atoms with E-state index in [0.29, 0.717) is 19.9 Å². The Kier molecular flexibility index (Phi) is 6.72. The minimum Gasteiger partial charge on any atom is -0.377 e. The third kappa shape index (κ3) is 6.03. The summed E-state index contributed by atoms with van der Waals surface area (Å²) in [6.45, 7) is 12.3. The van der Waals surface area contributed by atoms with Crippen LogP contribution >= 0.6 is 0 Å². The normalized spacial score (nSPS) is 18.5. The van der Waals surface area contributed by atoms with Gasteiger partial charge < -0.3 is 18.9 Å². The summed E-state index contributed by atoms with van der Waals surface area (Å²) in [6, 6.07) is 5.16. The predicted molar refractivity (Wildman–Crippen MR) is 120 cm³/mol. The van der Waals surface area contributed by atoms with E-state index in [9.17, 15) is 8.42 Å². The van der Waals surface area contributed by atoms with Gasteiger partial charge in [-0.15, -0.1) is 0 Å². The van der Waals surface area contributed by atoms with Crippen molar-refractivity contribution < 1.29 is 17.9 Å². The van der Waals surface area contributed by atoms with Crippen LogP contribution in [0.3, 0.4) is 0 Å². The number of hydrogen-bond acceptors (Lipinski definition) is 6. The van der Waals surface area contributed by atoms with Crippen molar-refractivity contribution in [3.8, 4) is 0 Å². The van der Waals surface area contributed by atoms with Gasteiger partial charge in [0, 0.05) is 39.1 Å². The zero-order chi connectivity index (χ0) is 21.2. The van der Waals surface area contributed by atoms with E-state index in [-0.39, 0.29) is 11.8 Å². The monoisotopic (exact) mass is 439 g/mol. The highest BCUT2D eigenvalue weighted by atomic mass is 32.2. The van der Waals surface area contributed by atoms with Crippen molar-refractivity contribution in [3.05, 3.63) is 23.9 Å². The molecule has 0 aliphatic carbocycles. The van der Waals surface area contributed by atoms with Gasteiger partial charge in [0.1, 0.15) is 18.2 Å². The third-order valence-corrected chi connectivity index (χ3v) is 7.65. The summed E-state index contributed by atoms with van der Waals surface area (Å²) >= 11 is 0. The fourth-order valence-electron chi connectivity index (χ4n) is 3.48. The van der Waals surface area contributed by atoms with Crippen molar-refractivity contribution in [1.82, 2.24) is 9.55 Å². The van der Waals surface area contributed by atoms with E-state index >= 15 is 0 Å². The van der Waals surface area contributed by atoms with Crippen molar-refractivity contribution in [2.45, 2.75) is 51.1 Å². The Morgan fingerprint density at radius 3 is 2.76 bits per heavy atom. The first-order chi connectivity index (χ1) is 13.5. The molecule has 1 aliphatic heterocycles. The first-order valence-electron chi connectivity index (χ1n) is 10.1. The number of morpholine rings is 1. The molecule has 0 bridgehead atoms. The van der Waals surface area contributed by atoms with Crippen LogP contribution in [-0.2, 0) is 31.8 Å². The Bertz CT molecular complexity index is 953. The van der Waals surface area contributed by atoms with Crippen LogP contribution in [0, 0.1) is 0 Å². The Balaban J connectivity index is 1.93. The molecule has 3 rings (SSSR count). The number of nitrogens with zero attached hydrogens (tertiary/aromatic N) is 3. The molecule has 0 aromatic carbocycles. The molecule has 2 aromatic heterocycles. The van der Waals surface area contributed by atoms with Crippen LogP contribution in [-0.4, -0.2) is 64.7 Å². The van der Waals surface area contributed by atoms with Crippen LogP contribution in [0.4, 0.5) is 5.82 Å². The molecule has 1 atom stereocenters. The first-order valence-corrected chi connectivity index (χ1v) is 15.9. The van der Waals surface area contributed by atoms with E-state index in [4.69, 9.17) is 14.5 Å². The van der Waals surface area contributed by atoms with Crippen LogP contribution in [0.1, 0.15) is 12.5 Å². The smallest absolute Gasteiger partial charge is 0.151 e. The second-order valence-corrected chi connectivity index (χ2v) is 17.0. The molecule has 0 spiro atoms. The molecule has 1 aliphatic rings. The van der Waals surface area contributed by atoms with Crippen molar-refractivity contribution in [1.29, 1.82) is 0 Å². The summed E-state index contributed by atoms with van der Waals surface area (Å²) in [5.74, 6) is 0.798. The summed E-state index contributed by atoms with van der Waals surface area (Å²) in [4.78, 5) is 7.09. The maximum absolute atomic E-state index is 12.0. The van der Waals surface area contributed by atoms with Crippen LogP contribution in [0.15, 0.2) is 18.3 Å². The van der Waals surface area contributed by atoms with Gasteiger partial charge in [-0.1, -0.05) is 19.6 Å². The summed E-state index contributed by atoms with van der Waals surface area (Å²) in [5, 5.41) is 0.869. The zero-order valence-electron chi connectivity index (χ0n) is 18.1. The third-order valence-electron chi connectivity index (χ3n) is 5.11. The number of hydrogen-bond donors (Lipinski definition) is 0. The van der Waals surface area contributed by atoms with Gasteiger partial charge in [0.2, 0.25) is 0 Å². The number of ether oxygens (including phenoxy) is 2. The lowest BCUT2D eigenvalue weighted by atomic mass is 10.2. The highest BCUT2D eigenvalue weighted by Gasteiger charge is 2.23. The number of sulfone groups is 1. The summed E-state index contributed by atoms with van der Waals surface area (Å²) < 4.78 is 37.5. The highest BCUT2D eigenvalue weighted by molar-refractivity contribution is 7.89. The van der Waals surface area contributed by atoms with Gasteiger partial charge in [-0.05, 0) is 30.7 Å². The van der Waals surface area contributed by atoms with E-state index < -0.39 is 17.9 Å². The van der Waals surface area contributed by atoms with Gasteiger partial charge in [0.25, 0.3) is 0 Å². The molecule has 29 heavy (non-hydrogen) atoms. The molecule has 7 nitrogen and oxygen atoms in total. The Morgan fingerprint density at radius 2 is 2.10 bits per heavy atom. The van der Waals surface area contributed by atoms with Gasteiger partial charge in [-0.3, -0.25) is 0 Å². The Morgan fingerprint density at radius 1 is 1.34 bits per heavy atom. The van der Waals surface area contributed by atoms with Crippen molar-refractivity contribution in [3.63, 3.8) is 0 Å². The SMILES string of the molecule is C[C@@H]1COCCN1c1cc(CS(C)(=O)=O)c2ccn(COCC[Si](C)(C)C)c2n1. The fraction of sp³-hybridized carbons (Fsp3) is 0.650. The molecule has 0 amide bonds. The van der Waals surface area contributed by atoms with E-state index in [1.54, 1.807) is 0 Å². The van der Waals surface area contributed by atoms with Crippen LogP contribution in [0.25, 0.3) is 11.0 Å². The topological polar surface area (TPSA) is 73.7 Å².